The van der Waals surface area contributed by atoms with Crippen molar-refractivity contribution in [1.29, 1.82) is 0 Å². The third kappa shape index (κ3) is 1.83. The van der Waals surface area contributed by atoms with E-state index in [4.69, 9.17) is 4.74 Å². The third-order valence-electron chi connectivity index (χ3n) is 3.17. The van der Waals surface area contributed by atoms with Gasteiger partial charge in [0.05, 0.1) is 18.2 Å². The Morgan fingerprint density at radius 3 is 2.56 bits per heavy atom. The molecule has 0 aliphatic carbocycles. The first kappa shape index (κ1) is 12.5. The summed E-state index contributed by atoms with van der Waals surface area (Å²) in [6.07, 6.45) is 1.99. The van der Waals surface area contributed by atoms with Gasteiger partial charge in [0.25, 0.3) is 0 Å². The second-order valence-corrected chi connectivity index (χ2v) is 4.73. The molecule has 4 heteroatoms. The Kier molecular flexibility index (Phi) is 3.03. The number of methoxy groups -OCH3 is 1. The van der Waals surface area contributed by atoms with E-state index in [9.17, 15) is 9.90 Å². The highest BCUT2D eigenvalue weighted by molar-refractivity contribution is 6.04. The molecule has 1 aromatic carbocycles. The molecule has 0 atom stereocenters. The van der Waals surface area contributed by atoms with Gasteiger partial charge in [-0.15, -0.1) is 0 Å². The van der Waals surface area contributed by atoms with Crippen molar-refractivity contribution in [3.63, 3.8) is 0 Å². The van der Waals surface area contributed by atoms with Gasteiger partial charge in [-0.05, 0) is 23.6 Å². The second-order valence-electron chi connectivity index (χ2n) is 4.73. The molecule has 1 heterocycles. The fraction of sp³-hybridized carbons (Fsp3) is 0.357. The number of ether oxygens (including phenoxy) is 1. The minimum absolute atomic E-state index is 0.277. The summed E-state index contributed by atoms with van der Waals surface area (Å²) in [6, 6.07) is 3.46. The van der Waals surface area contributed by atoms with Gasteiger partial charge in [0.15, 0.2) is 0 Å². The predicted molar refractivity (Wildman–Crippen MR) is 70.5 cm³/mol. The molecule has 1 N–H and O–H groups in total. The molecule has 2 aromatic rings. The molecule has 2 rings (SSSR count). The van der Waals surface area contributed by atoms with Crippen LogP contribution in [0.4, 0.5) is 0 Å². The SMILES string of the molecule is COc1cc(C(=O)O)c2c(c1)c(C(C)C)cn2C. The maximum absolute atomic E-state index is 11.3. The zero-order valence-electron chi connectivity index (χ0n) is 11.0. The molecular formula is C14H17NO3. The highest BCUT2D eigenvalue weighted by Gasteiger charge is 2.18. The number of hydrogen-bond acceptors (Lipinski definition) is 2. The summed E-state index contributed by atoms with van der Waals surface area (Å²) in [7, 11) is 3.41. The molecule has 0 bridgehead atoms. The van der Waals surface area contributed by atoms with Gasteiger partial charge in [-0.2, -0.15) is 0 Å². The summed E-state index contributed by atoms with van der Waals surface area (Å²) in [5.41, 5.74) is 2.15. The lowest BCUT2D eigenvalue weighted by Crippen LogP contribution is -2.01. The first-order chi connectivity index (χ1) is 8.45. The molecule has 18 heavy (non-hydrogen) atoms. The van der Waals surface area contributed by atoms with Crippen LogP contribution in [0.1, 0.15) is 35.7 Å². The van der Waals surface area contributed by atoms with Crippen molar-refractivity contribution in [2.24, 2.45) is 7.05 Å². The van der Waals surface area contributed by atoms with Crippen molar-refractivity contribution in [3.05, 3.63) is 29.5 Å². The van der Waals surface area contributed by atoms with E-state index >= 15 is 0 Å². The average Bonchev–Trinajstić information content (AvgIpc) is 2.65. The first-order valence-electron chi connectivity index (χ1n) is 5.86. The summed E-state index contributed by atoms with van der Waals surface area (Å²) in [4.78, 5) is 11.3. The summed E-state index contributed by atoms with van der Waals surface area (Å²) < 4.78 is 7.05. The van der Waals surface area contributed by atoms with Crippen LogP contribution in [-0.4, -0.2) is 22.8 Å². The van der Waals surface area contributed by atoms with Crippen LogP contribution < -0.4 is 4.74 Å². The predicted octanol–water partition coefficient (Wildman–Crippen LogP) is 3.01. The lowest BCUT2D eigenvalue weighted by atomic mass is 10.0. The standard InChI is InChI=1S/C14H17NO3/c1-8(2)12-7-15(3)13-10(12)5-9(18-4)6-11(13)14(16)17/h5-8H,1-4H3,(H,16,17). The Labute approximate surface area is 106 Å². The number of hydrogen-bond donors (Lipinski definition) is 1. The summed E-state index contributed by atoms with van der Waals surface area (Å²) in [5, 5.41) is 10.3. The van der Waals surface area contributed by atoms with Crippen molar-refractivity contribution < 1.29 is 14.6 Å². The maximum Gasteiger partial charge on any atom is 0.337 e. The normalized spacial score (nSPS) is 11.2. The molecule has 96 valence electrons. The van der Waals surface area contributed by atoms with Gasteiger partial charge in [0, 0.05) is 18.6 Å². The van der Waals surface area contributed by atoms with Gasteiger partial charge in [-0.1, -0.05) is 13.8 Å². The van der Waals surface area contributed by atoms with E-state index in [2.05, 4.69) is 13.8 Å². The van der Waals surface area contributed by atoms with Crippen molar-refractivity contribution in [1.82, 2.24) is 4.57 Å². The van der Waals surface area contributed by atoms with Crippen LogP contribution in [0.25, 0.3) is 10.9 Å². The fourth-order valence-corrected chi connectivity index (χ4v) is 2.29. The molecular weight excluding hydrogens is 230 g/mol. The molecule has 4 nitrogen and oxygen atoms in total. The molecule has 0 amide bonds. The van der Waals surface area contributed by atoms with Crippen molar-refractivity contribution in [2.75, 3.05) is 7.11 Å². The number of fused-ring (bicyclic) bond motifs is 1. The van der Waals surface area contributed by atoms with Crippen LogP contribution in [0.15, 0.2) is 18.3 Å². The number of carboxylic acid groups (broad SMARTS) is 1. The highest BCUT2D eigenvalue weighted by Crippen LogP contribution is 2.32. The number of aromatic carboxylic acids is 1. The van der Waals surface area contributed by atoms with Gasteiger partial charge in [0.1, 0.15) is 5.75 Å². The number of carboxylic acids is 1. The first-order valence-corrected chi connectivity index (χ1v) is 5.86. The monoisotopic (exact) mass is 247 g/mol. The van der Waals surface area contributed by atoms with E-state index in [1.807, 2.05) is 23.9 Å². The molecule has 0 aliphatic heterocycles. The summed E-state index contributed by atoms with van der Waals surface area (Å²) >= 11 is 0. The molecule has 0 saturated carbocycles. The zero-order valence-corrected chi connectivity index (χ0v) is 11.0. The Hall–Kier alpha value is -1.97. The molecule has 0 spiro atoms. The zero-order chi connectivity index (χ0) is 13.4. The minimum Gasteiger partial charge on any atom is -0.497 e. The van der Waals surface area contributed by atoms with E-state index in [-0.39, 0.29) is 5.56 Å². The van der Waals surface area contributed by atoms with Crippen LogP contribution in [0.3, 0.4) is 0 Å². The third-order valence-corrected chi connectivity index (χ3v) is 3.17. The number of carbonyl (C=O) groups is 1. The Balaban J connectivity index is 2.88. The van der Waals surface area contributed by atoms with E-state index in [0.717, 1.165) is 16.5 Å². The Morgan fingerprint density at radius 1 is 1.39 bits per heavy atom. The summed E-state index contributed by atoms with van der Waals surface area (Å²) in [5.74, 6) is -0.0224. The van der Waals surface area contributed by atoms with E-state index in [0.29, 0.717) is 11.7 Å². The highest BCUT2D eigenvalue weighted by atomic mass is 16.5. The molecule has 0 radical (unpaired) electrons. The van der Waals surface area contributed by atoms with E-state index in [1.165, 1.54) is 0 Å². The lowest BCUT2D eigenvalue weighted by molar-refractivity contribution is 0.0698. The van der Waals surface area contributed by atoms with E-state index < -0.39 is 5.97 Å². The van der Waals surface area contributed by atoms with Crippen LogP contribution in [-0.2, 0) is 7.05 Å². The van der Waals surface area contributed by atoms with Gasteiger partial charge in [-0.3, -0.25) is 0 Å². The minimum atomic E-state index is -0.935. The quantitative estimate of drug-likeness (QED) is 0.907. The Morgan fingerprint density at radius 2 is 2.06 bits per heavy atom. The van der Waals surface area contributed by atoms with Gasteiger partial charge >= 0.3 is 5.97 Å². The largest absolute Gasteiger partial charge is 0.497 e. The van der Waals surface area contributed by atoms with Crippen LogP contribution in [0.5, 0.6) is 5.75 Å². The van der Waals surface area contributed by atoms with Gasteiger partial charge < -0.3 is 14.4 Å². The van der Waals surface area contributed by atoms with Gasteiger partial charge in [-0.25, -0.2) is 4.79 Å². The maximum atomic E-state index is 11.3. The molecule has 1 aromatic heterocycles. The number of nitrogens with zero attached hydrogens (tertiary/aromatic N) is 1. The van der Waals surface area contributed by atoms with Crippen LogP contribution in [0.2, 0.25) is 0 Å². The van der Waals surface area contributed by atoms with Crippen molar-refractivity contribution >= 4 is 16.9 Å². The second kappa shape index (κ2) is 4.37. The lowest BCUT2D eigenvalue weighted by Gasteiger charge is -2.07. The number of benzene rings is 1. The van der Waals surface area contributed by atoms with Crippen LogP contribution in [0, 0.1) is 0 Å². The number of aryl methyl sites for hydroxylation is 1. The van der Waals surface area contributed by atoms with Crippen molar-refractivity contribution in [2.45, 2.75) is 19.8 Å². The molecule has 0 unspecified atom stereocenters. The average molecular weight is 247 g/mol. The Bertz CT molecular complexity index is 611. The van der Waals surface area contributed by atoms with Gasteiger partial charge in [0.2, 0.25) is 0 Å². The van der Waals surface area contributed by atoms with E-state index in [1.54, 1.807) is 13.2 Å². The number of rotatable bonds is 3. The van der Waals surface area contributed by atoms with Crippen molar-refractivity contribution in [3.8, 4) is 5.75 Å². The molecule has 0 aliphatic rings. The number of aromatic nitrogens is 1. The fourth-order valence-electron chi connectivity index (χ4n) is 2.29. The topological polar surface area (TPSA) is 51.5 Å². The molecule has 0 saturated heterocycles. The molecule has 0 fully saturated rings. The smallest absolute Gasteiger partial charge is 0.337 e. The summed E-state index contributed by atoms with van der Waals surface area (Å²) in [6.45, 7) is 4.18. The van der Waals surface area contributed by atoms with Crippen LogP contribution >= 0.6 is 0 Å².